The lowest BCUT2D eigenvalue weighted by atomic mass is 9.72. The van der Waals surface area contributed by atoms with Gasteiger partial charge in [0.15, 0.2) is 0 Å². The number of rotatable bonds is 7. The molecule has 0 radical (unpaired) electrons. The first-order valence-corrected chi connectivity index (χ1v) is 9.82. The molecule has 8 heteroatoms. The Balaban J connectivity index is 1.69. The summed E-state index contributed by atoms with van der Waals surface area (Å²) in [7, 11) is 0. The van der Waals surface area contributed by atoms with E-state index >= 15 is 0 Å². The average molecular weight is 428 g/mol. The highest BCUT2D eigenvalue weighted by Gasteiger charge is 2.42. The monoisotopic (exact) mass is 428 g/mol. The molecule has 1 heterocycles. The van der Waals surface area contributed by atoms with Crippen molar-refractivity contribution >= 4 is 29.5 Å². The Kier molecular flexibility index (Phi) is 6.79. The van der Waals surface area contributed by atoms with Gasteiger partial charge in [-0.15, -0.1) is 0 Å². The van der Waals surface area contributed by atoms with E-state index in [2.05, 4.69) is 15.4 Å². The number of alkyl halides is 2. The van der Waals surface area contributed by atoms with Crippen molar-refractivity contribution in [3.8, 4) is 5.75 Å². The third-order valence-electron chi connectivity index (χ3n) is 5.32. The van der Waals surface area contributed by atoms with E-state index in [0.717, 1.165) is 5.56 Å². The Hall–Kier alpha value is -3.55. The van der Waals surface area contributed by atoms with Crippen molar-refractivity contribution in [2.45, 2.75) is 38.2 Å². The Bertz CT molecular complexity index is 1000. The topological polar surface area (TPSA) is 84.5 Å². The first-order valence-electron chi connectivity index (χ1n) is 9.82. The summed E-state index contributed by atoms with van der Waals surface area (Å²) in [5.74, 6) is -1.06. The predicted octanol–water partition coefficient (Wildman–Crippen LogP) is 4.02. The predicted molar refractivity (Wildman–Crippen MR) is 112 cm³/mol. The zero-order valence-corrected chi connectivity index (χ0v) is 16.9. The van der Waals surface area contributed by atoms with Gasteiger partial charge in [-0.25, -0.2) is 0 Å². The molecule has 1 fully saturated rings. The van der Waals surface area contributed by atoms with Crippen molar-refractivity contribution in [3.63, 3.8) is 0 Å². The molecule has 1 saturated heterocycles. The number of anilines is 1. The van der Waals surface area contributed by atoms with Crippen molar-refractivity contribution < 1.29 is 27.9 Å². The van der Waals surface area contributed by atoms with Gasteiger partial charge in [-0.3, -0.25) is 19.7 Å². The molecule has 1 unspecified atom stereocenters. The van der Waals surface area contributed by atoms with Crippen LogP contribution >= 0.6 is 0 Å². The molecule has 31 heavy (non-hydrogen) atoms. The van der Waals surface area contributed by atoms with Gasteiger partial charge in [-0.2, -0.15) is 8.78 Å². The summed E-state index contributed by atoms with van der Waals surface area (Å²) in [6.45, 7) is -1.07. The number of nitrogens with one attached hydrogen (secondary N) is 2. The SMILES string of the molecule is CCC1(c2ccc(NC(=O)/C=C/c3ccccc3OC(F)F)cc2)CCC(=O)NC1=O. The van der Waals surface area contributed by atoms with Gasteiger partial charge in [-0.1, -0.05) is 37.3 Å². The lowest BCUT2D eigenvalue weighted by Crippen LogP contribution is -2.51. The van der Waals surface area contributed by atoms with E-state index in [1.807, 2.05) is 6.92 Å². The molecule has 0 saturated carbocycles. The van der Waals surface area contributed by atoms with Gasteiger partial charge in [-0.05, 0) is 42.7 Å². The van der Waals surface area contributed by atoms with Crippen LogP contribution in [0.1, 0.15) is 37.3 Å². The molecule has 2 aromatic rings. The van der Waals surface area contributed by atoms with Gasteiger partial charge >= 0.3 is 6.61 Å². The summed E-state index contributed by atoms with van der Waals surface area (Å²) in [5.41, 5.74) is 0.849. The molecule has 2 aromatic carbocycles. The summed E-state index contributed by atoms with van der Waals surface area (Å²) >= 11 is 0. The van der Waals surface area contributed by atoms with E-state index in [-0.39, 0.29) is 24.0 Å². The van der Waals surface area contributed by atoms with Crippen LogP contribution in [-0.2, 0) is 19.8 Å². The van der Waals surface area contributed by atoms with Gasteiger partial charge < -0.3 is 10.1 Å². The average Bonchev–Trinajstić information content (AvgIpc) is 2.74. The minimum absolute atomic E-state index is 0.0278. The molecule has 0 bridgehead atoms. The third-order valence-corrected chi connectivity index (χ3v) is 5.32. The molecule has 2 N–H and O–H groups in total. The smallest absolute Gasteiger partial charge is 0.387 e. The molecule has 0 aliphatic carbocycles. The molecule has 1 atom stereocenters. The number of amides is 3. The molecule has 3 amide bonds. The Morgan fingerprint density at radius 3 is 2.55 bits per heavy atom. The number of para-hydroxylation sites is 1. The van der Waals surface area contributed by atoms with Gasteiger partial charge in [0.1, 0.15) is 5.75 Å². The van der Waals surface area contributed by atoms with Crippen LogP contribution in [0.2, 0.25) is 0 Å². The maximum Gasteiger partial charge on any atom is 0.387 e. The fraction of sp³-hybridized carbons (Fsp3) is 0.261. The van der Waals surface area contributed by atoms with Gasteiger partial charge in [0.25, 0.3) is 0 Å². The summed E-state index contributed by atoms with van der Waals surface area (Å²) in [5, 5.41) is 5.08. The van der Waals surface area contributed by atoms with Gasteiger partial charge in [0.05, 0.1) is 5.41 Å². The number of carbonyl (C=O) groups excluding carboxylic acids is 3. The van der Waals surface area contributed by atoms with Crippen LogP contribution in [0.5, 0.6) is 5.75 Å². The van der Waals surface area contributed by atoms with E-state index in [1.165, 1.54) is 18.2 Å². The van der Waals surface area contributed by atoms with Crippen molar-refractivity contribution in [3.05, 3.63) is 65.7 Å². The largest absolute Gasteiger partial charge is 0.434 e. The molecule has 1 aliphatic rings. The Labute approximate surface area is 178 Å². The van der Waals surface area contributed by atoms with Crippen molar-refractivity contribution in [2.24, 2.45) is 0 Å². The molecule has 6 nitrogen and oxygen atoms in total. The molecule has 0 aromatic heterocycles. The maximum atomic E-state index is 12.5. The van der Waals surface area contributed by atoms with E-state index in [1.54, 1.807) is 42.5 Å². The number of ether oxygens (including phenoxy) is 1. The number of halogens is 2. The van der Waals surface area contributed by atoms with Crippen LogP contribution in [0.15, 0.2) is 54.6 Å². The first kappa shape index (κ1) is 22.1. The molecule has 0 spiro atoms. The quantitative estimate of drug-likeness (QED) is 0.515. The van der Waals surface area contributed by atoms with Crippen molar-refractivity contribution in [2.75, 3.05) is 5.32 Å². The van der Waals surface area contributed by atoms with Crippen LogP contribution in [0.25, 0.3) is 6.08 Å². The number of carbonyl (C=O) groups is 3. The summed E-state index contributed by atoms with van der Waals surface area (Å²) in [6, 6.07) is 13.0. The summed E-state index contributed by atoms with van der Waals surface area (Å²) in [6.07, 6.45) is 3.86. The Morgan fingerprint density at radius 2 is 1.90 bits per heavy atom. The molecule has 162 valence electrons. The fourth-order valence-electron chi connectivity index (χ4n) is 3.61. The fourth-order valence-corrected chi connectivity index (χ4v) is 3.61. The van der Waals surface area contributed by atoms with E-state index in [0.29, 0.717) is 24.1 Å². The highest BCUT2D eigenvalue weighted by Crippen LogP contribution is 2.36. The highest BCUT2D eigenvalue weighted by molar-refractivity contribution is 6.04. The zero-order chi connectivity index (χ0) is 22.4. The lowest BCUT2D eigenvalue weighted by Gasteiger charge is -2.35. The number of piperidine rings is 1. The second-order valence-electron chi connectivity index (χ2n) is 7.13. The second kappa shape index (κ2) is 9.51. The van der Waals surface area contributed by atoms with Crippen molar-refractivity contribution in [1.29, 1.82) is 0 Å². The Morgan fingerprint density at radius 1 is 1.19 bits per heavy atom. The number of imide groups is 1. The number of benzene rings is 2. The molecule has 1 aliphatic heterocycles. The minimum atomic E-state index is -2.96. The van der Waals surface area contributed by atoms with E-state index in [9.17, 15) is 23.2 Å². The summed E-state index contributed by atoms with van der Waals surface area (Å²) in [4.78, 5) is 36.2. The number of hydrogen-bond acceptors (Lipinski definition) is 4. The molecular formula is C23H22F2N2O4. The van der Waals surface area contributed by atoms with Gasteiger partial charge in [0.2, 0.25) is 17.7 Å². The molecule has 3 rings (SSSR count). The van der Waals surface area contributed by atoms with E-state index < -0.39 is 17.9 Å². The van der Waals surface area contributed by atoms with Crippen LogP contribution in [0.3, 0.4) is 0 Å². The number of hydrogen-bond donors (Lipinski definition) is 2. The zero-order valence-electron chi connectivity index (χ0n) is 16.9. The normalized spacial score (nSPS) is 18.8. The van der Waals surface area contributed by atoms with E-state index in [4.69, 9.17) is 0 Å². The van der Waals surface area contributed by atoms with Crippen LogP contribution in [-0.4, -0.2) is 24.3 Å². The standard InChI is InChI=1S/C23H22F2N2O4/c1-2-23(14-13-20(29)27-21(23)30)16-8-10-17(11-9-16)26-19(28)12-7-15-5-3-4-6-18(15)31-22(24)25/h3-12,22H,2,13-14H2,1H3,(H,26,28)(H,27,29,30)/b12-7+. The van der Waals surface area contributed by atoms with Crippen LogP contribution in [0.4, 0.5) is 14.5 Å². The minimum Gasteiger partial charge on any atom is -0.434 e. The van der Waals surface area contributed by atoms with Gasteiger partial charge in [0, 0.05) is 23.7 Å². The van der Waals surface area contributed by atoms with Crippen LogP contribution < -0.4 is 15.4 Å². The lowest BCUT2D eigenvalue weighted by molar-refractivity contribution is -0.138. The summed E-state index contributed by atoms with van der Waals surface area (Å²) < 4.78 is 29.4. The maximum absolute atomic E-state index is 12.5. The van der Waals surface area contributed by atoms with Crippen molar-refractivity contribution in [1.82, 2.24) is 5.32 Å². The third kappa shape index (κ3) is 5.14. The van der Waals surface area contributed by atoms with Crippen LogP contribution in [0, 0.1) is 0 Å². The second-order valence-corrected chi connectivity index (χ2v) is 7.13. The first-order chi connectivity index (χ1) is 14.8. The highest BCUT2D eigenvalue weighted by atomic mass is 19.3. The molecular weight excluding hydrogens is 406 g/mol.